The molecule has 0 N–H and O–H groups in total. The number of halogens is 1. The van der Waals surface area contributed by atoms with Gasteiger partial charge >= 0.3 is 0 Å². The lowest BCUT2D eigenvalue weighted by Crippen LogP contribution is -2.26. The Morgan fingerprint density at radius 2 is 1.80 bits per heavy atom. The van der Waals surface area contributed by atoms with Crippen LogP contribution in [0.2, 0.25) is 5.02 Å². The molecule has 0 unspecified atom stereocenters. The first-order valence-electron chi connectivity index (χ1n) is 9.88. The second-order valence-electron chi connectivity index (χ2n) is 7.71. The van der Waals surface area contributed by atoms with E-state index in [-0.39, 0.29) is 5.91 Å². The molecule has 1 aliphatic heterocycles. The number of nitrogens with zero attached hydrogens (tertiary/aromatic N) is 4. The molecule has 1 amide bonds. The summed E-state index contributed by atoms with van der Waals surface area (Å²) in [5.74, 6) is 0.940. The summed E-state index contributed by atoms with van der Waals surface area (Å²) in [6, 6.07) is 17.4. The van der Waals surface area contributed by atoms with Crippen LogP contribution >= 0.6 is 11.6 Å². The van der Waals surface area contributed by atoms with Crippen molar-refractivity contribution >= 4 is 17.5 Å². The highest BCUT2D eigenvalue weighted by Crippen LogP contribution is 2.32. The van der Waals surface area contributed by atoms with Gasteiger partial charge < -0.3 is 9.47 Å². The van der Waals surface area contributed by atoms with E-state index in [1.54, 1.807) is 24.3 Å². The Morgan fingerprint density at radius 3 is 2.53 bits per heavy atom. The highest BCUT2D eigenvalue weighted by Gasteiger charge is 2.32. The molecule has 0 saturated heterocycles. The topological polar surface area (TPSA) is 43.1 Å². The van der Waals surface area contributed by atoms with Gasteiger partial charge in [-0.1, -0.05) is 35.4 Å². The fraction of sp³-hybridized carbons (Fsp3) is 0.167. The van der Waals surface area contributed by atoms with E-state index in [4.69, 9.17) is 16.7 Å². The highest BCUT2D eigenvalue weighted by atomic mass is 35.5. The maximum Gasteiger partial charge on any atom is 0.254 e. The van der Waals surface area contributed by atoms with E-state index in [0.29, 0.717) is 23.7 Å². The van der Waals surface area contributed by atoms with Gasteiger partial charge in [-0.3, -0.25) is 4.79 Å². The van der Waals surface area contributed by atoms with Crippen molar-refractivity contribution in [1.82, 2.24) is 19.2 Å². The predicted molar refractivity (Wildman–Crippen MR) is 117 cm³/mol. The molecule has 6 heteroatoms. The number of hydrogen-bond donors (Lipinski definition) is 0. The Hall–Kier alpha value is -3.31. The van der Waals surface area contributed by atoms with Crippen LogP contribution in [0.4, 0.5) is 0 Å². The Kier molecular flexibility index (Phi) is 4.48. The summed E-state index contributed by atoms with van der Waals surface area (Å²) in [6.45, 7) is 5.18. The van der Waals surface area contributed by atoms with Crippen LogP contribution in [0.5, 0.6) is 0 Å². The van der Waals surface area contributed by atoms with Gasteiger partial charge in [0.15, 0.2) is 0 Å². The second-order valence-corrected chi connectivity index (χ2v) is 8.15. The minimum Gasteiger partial charge on any atom is -0.328 e. The molecule has 30 heavy (non-hydrogen) atoms. The molecule has 3 heterocycles. The van der Waals surface area contributed by atoms with Gasteiger partial charge in [0.1, 0.15) is 5.82 Å². The third kappa shape index (κ3) is 3.12. The molecule has 150 valence electrons. The summed E-state index contributed by atoms with van der Waals surface area (Å²) >= 11 is 6.08. The molecule has 0 spiro atoms. The molecule has 0 aliphatic carbocycles. The Morgan fingerprint density at radius 1 is 1.00 bits per heavy atom. The summed E-state index contributed by atoms with van der Waals surface area (Å²) < 4.78 is 4.07. The number of fused-ring (bicyclic) bond motifs is 1. The third-order valence-corrected chi connectivity index (χ3v) is 5.75. The quantitative estimate of drug-likeness (QED) is 0.467. The maximum absolute atomic E-state index is 13.0. The van der Waals surface area contributed by atoms with Crippen LogP contribution in [0.3, 0.4) is 0 Å². The number of benzene rings is 2. The molecule has 2 aromatic heterocycles. The zero-order valence-electron chi connectivity index (χ0n) is 16.8. The van der Waals surface area contributed by atoms with Crippen molar-refractivity contribution < 1.29 is 4.79 Å². The van der Waals surface area contributed by atoms with Crippen LogP contribution in [0.25, 0.3) is 11.5 Å². The molecule has 0 saturated carbocycles. The number of carbonyl (C=O) groups excluding carboxylic acids is 1. The molecule has 0 radical (unpaired) electrons. The lowest BCUT2D eigenvalue weighted by Gasteiger charge is -2.18. The van der Waals surface area contributed by atoms with E-state index in [1.807, 2.05) is 34.1 Å². The van der Waals surface area contributed by atoms with E-state index < -0.39 is 0 Å². The van der Waals surface area contributed by atoms with Crippen LogP contribution in [0.15, 0.2) is 67.0 Å². The fourth-order valence-corrected chi connectivity index (χ4v) is 4.29. The van der Waals surface area contributed by atoms with Crippen LogP contribution in [-0.2, 0) is 13.1 Å². The number of hydrogen-bond acceptors (Lipinski definition) is 2. The van der Waals surface area contributed by atoms with E-state index in [9.17, 15) is 4.79 Å². The molecule has 0 atom stereocenters. The summed E-state index contributed by atoms with van der Waals surface area (Å²) in [5.41, 5.74) is 6.02. The van der Waals surface area contributed by atoms with E-state index in [1.165, 1.54) is 5.56 Å². The van der Waals surface area contributed by atoms with E-state index >= 15 is 0 Å². The highest BCUT2D eigenvalue weighted by molar-refractivity contribution is 6.30. The van der Waals surface area contributed by atoms with Crippen LogP contribution in [0, 0.1) is 13.8 Å². The van der Waals surface area contributed by atoms with Gasteiger partial charge in [0.25, 0.3) is 5.91 Å². The average Bonchev–Trinajstić information content (AvgIpc) is 3.43. The third-order valence-electron chi connectivity index (χ3n) is 5.52. The van der Waals surface area contributed by atoms with Gasteiger partial charge in [-0.05, 0) is 55.8 Å². The summed E-state index contributed by atoms with van der Waals surface area (Å²) in [5, 5.41) is 5.49. The van der Waals surface area contributed by atoms with Crippen molar-refractivity contribution in [2.24, 2.45) is 0 Å². The zero-order valence-corrected chi connectivity index (χ0v) is 17.6. The Bertz CT molecular complexity index is 1260. The predicted octanol–water partition coefficient (Wildman–Crippen LogP) is 5.09. The lowest BCUT2D eigenvalue weighted by molar-refractivity contribution is 0.0749. The molecule has 5 nitrogen and oxygen atoms in total. The summed E-state index contributed by atoms with van der Waals surface area (Å²) in [6.07, 6.45) is 4.03. The Labute approximate surface area is 180 Å². The minimum absolute atomic E-state index is 0.0352. The van der Waals surface area contributed by atoms with Gasteiger partial charge in [0.05, 0.1) is 24.5 Å². The first kappa shape index (κ1) is 18.7. The van der Waals surface area contributed by atoms with E-state index in [2.05, 4.69) is 36.6 Å². The smallest absolute Gasteiger partial charge is 0.254 e. The fourth-order valence-electron chi connectivity index (χ4n) is 4.10. The number of aryl methyl sites for hydroxylation is 2. The molecule has 0 bridgehead atoms. The number of carbonyl (C=O) groups is 1. The van der Waals surface area contributed by atoms with Crippen LogP contribution in [0.1, 0.15) is 32.7 Å². The SMILES string of the molecule is Cc1ccc(-n2nc3c(c2-n2cccc2)CN(C(=O)c2cccc(Cl)c2)C3)c(C)c1. The largest absolute Gasteiger partial charge is 0.328 e. The summed E-state index contributed by atoms with van der Waals surface area (Å²) in [7, 11) is 0. The maximum atomic E-state index is 13.0. The van der Waals surface area contributed by atoms with Gasteiger partial charge in [-0.15, -0.1) is 0 Å². The molecule has 2 aromatic carbocycles. The van der Waals surface area contributed by atoms with Crippen molar-refractivity contribution in [2.75, 3.05) is 0 Å². The molecule has 1 aliphatic rings. The van der Waals surface area contributed by atoms with Crippen molar-refractivity contribution in [3.8, 4) is 11.5 Å². The van der Waals surface area contributed by atoms with E-state index in [0.717, 1.165) is 28.3 Å². The first-order valence-corrected chi connectivity index (χ1v) is 10.3. The molecular weight excluding hydrogens is 396 g/mol. The molecule has 5 rings (SSSR count). The van der Waals surface area contributed by atoms with Gasteiger partial charge in [0.2, 0.25) is 0 Å². The van der Waals surface area contributed by atoms with Crippen LogP contribution < -0.4 is 0 Å². The molecule has 0 fully saturated rings. The standard InChI is InChI=1S/C24H21ClN4O/c1-16-8-9-22(17(2)12-16)29-23(27-10-3-4-11-27)20-14-28(15-21(20)26-29)24(30)18-6-5-7-19(25)13-18/h3-13H,14-15H2,1-2H3. The minimum atomic E-state index is -0.0352. The van der Waals surface area contributed by atoms with Gasteiger partial charge in [-0.25, -0.2) is 4.68 Å². The Balaban J connectivity index is 1.57. The number of amides is 1. The van der Waals surface area contributed by atoms with Gasteiger partial charge in [0, 0.05) is 28.5 Å². The van der Waals surface area contributed by atoms with Crippen molar-refractivity contribution in [3.05, 3.63) is 100.0 Å². The number of aromatic nitrogens is 3. The van der Waals surface area contributed by atoms with Gasteiger partial charge in [-0.2, -0.15) is 5.10 Å². The molecular formula is C24H21ClN4O. The first-order chi connectivity index (χ1) is 14.5. The lowest BCUT2D eigenvalue weighted by atomic mass is 10.1. The number of rotatable bonds is 3. The van der Waals surface area contributed by atoms with Crippen molar-refractivity contribution in [3.63, 3.8) is 0 Å². The normalized spacial score (nSPS) is 13.0. The zero-order chi connectivity index (χ0) is 20.8. The van der Waals surface area contributed by atoms with Crippen LogP contribution in [-0.4, -0.2) is 25.2 Å². The van der Waals surface area contributed by atoms with Crippen molar-refractivity contribution in [2.45, 2.75) is 26.9 Å². The second kappa shape index (κ2) is 7.18. The van der Waals surface area contributed by atoms with Crippen molar-refractivity contribution in [1.29, 1.82) is 0 Å². The average molecular weight is 417 g/mol. The molecule has 4 aromatic rings. The summed E-state index contributed by atoms with van der Waals surface area (Å²) in [4.78, 5) is 14.9. The monoisotopic (exact) mass is 416 g/mol.